The number of nitrogens with one attached hydrogen (secondary N) is 1. The highest BCUT2D eigenvalue weighted by Gasteiger charge is 2.17. The van der Waals surface area contributed by atoms with Gasteiger partial charge in [-0.05, 0) is 24.1 Å². The molecular formula is C12H16N2OS. The molecule has 0 saturated carbocycles. The van der Waals surface area contributed by atoms with E-state index in [0.29, 0.717) is 11.7 Å². The third-order valence-corrected chi connectivity index (χ3v) is 3.57. The van der Waals surface area contributed by atoms with Crippen molar-refractivity contribution in [3.63, 3.8) is 0 Å². The Balaban J connectivity index is 2.35. The first-order valence-electron chi connectivity index (χ1n) is 5.45. The number of thioether (sulfide) groups is 1. The summed E-state index contributed by atoms with van der Waals surface area (Å²) in [6, 6.07) is 3.98. The monoisotopic (exact) mass is 236 g/mol. The van der Waals surface area contributed by atoms with Gasteiger partial charge in [0, 0.05) is 27.9 Å². The van der Waals surface area contributed by atoms with E-state index in [0.717, 1.165) is 28.3 Å². The Labute approximate surface area is 99.8 Å². The van der Waals surface area contributed by atoms with Crippen LogP contribution < -0.4 is 11.1 Å². The van der Waals surface area contributed by atoms with E-state index in [2.05, 4.69) is 19.2 Å². The lowest BCUT2D eigenvalue weighted by Crippen LogP contribution is -2.19. The van der Waals surface area contributed by atoms with E-state index in [1.165, 1.54) is 0 Å². The molecule has 0 radical (unpaired) electrons. The largest absolute Gasteiger partial charge is 0.398 e. The number of nitrogen functional groups attached to an aromatic ring is 1. The number of anilines is 2. The fraction of sp³-hybridized carbons (Fsp3) is 0.417. The number of carbonyl (C=O) groups is 1. The van der Waals surface area contributed by atoms with Gasteiger partial charge in [-0.1, -0.05) is 13.8 Å². The van der Waals surface area contributed by atoms with Crippen LogP contribution in [-0.4, -0.2) is 11.2 Å². The van der Waals surface area contributed by atoms with Crippen molar-refractivity contribution in [2.75, 3.05) is 11.1 Å². The summed E-state index contributed by atoms with van der Waals surface area (Å²) in [5, 5.41) is 3.38. The minimum absolute atomic E-state index is 0.0952. The van der Waals surface area contributed by atoms with Crippen molar-refractivity contribution < 1.29 is 4.79 Å². The van der Waals surface area contributed by atoms with Crippen LogP contribution in [0, 0.1) is 0 Å². The summed E-state index contributed by atoms with van der Waals surface area (Å²) in [5.41, 5.74) is 8.88. The van der Waals surface area contributed by atoms with Gasteiger partial charge in [-0.2, -0.15) is 0 Å². The predicted octanol–water partition coefficient (Wildman–Crippen LogP) is 2.65. The van der Waals surface area contributed by atoms with Crippen LogP contribution in [0.1, 0.15) is 25.8 Å². The smallest absolute Gasteiger partial charge is 0.224 e. The number of carbonyl (C=O) groups excluding carboxylic acids is 1. The van der Waals surface area contributed by atoms with Crippen molar-refractivity contribution >= 4 is 29.0 Å². The lowest BCUT2D eigenvalue weighted by Gasteiger charge is -2.19. The maximum Gasteiger partial charge on any atom is 0.224 e. The molecule has 0 unspecified atom stereocenters. The molecule has 1 amide bonds. The number of benzene rings is 1. The third-order valence-electron chi connectivity index (χ3n) is 2.49. The van der Waals surface area contributed by atoms with Gasteiger partial charge in [0.1, 0.15) is 0 Å². The van der Waals surface area contributed by atoms with E-state index in [1.54, 1.807) is 11.8 Å². The van der Waals surface area contributed by atoms with Crippen LogP contribution >= 0.6 is 11.8 Å². The summed E-state index contributed by atoms with van der Waals surface area (Å²) in [7, 11) is 0. The van der Waals surface area contributed by atoms with Crippen LogP contribution in [0.4, 0.5) is 11.4 Å². The zero-order valence-electron chi connectivity index (χ0n) is 9.54. The van der Waals surface area contributed by atoms with E-state index < -0.39 is 0 Å². The number of rotatable bonds is 2. The molecule has 0 aromatic heterocycles. The van der Waals surface area contributed by atoms with Crippen molar-refractivity contribution in [1.82, 2.24) is 0 Å². The quantitative estimate of drug-likeness (QED) is 0.613. The summed E-state index contributed by atoms with van der Waals surface area (Å²) in [6.45, 7) is 4.25. The summed E-state index contributed by atoms with van der Waals surface area (Å²) < 4.78 is 0. The van der Waals surface area contributed by atoms with Crippen molar-refractivity contribution in [3.05, 3.63) is 17.7 Å². The first-order chi connectivity index (χ1) is 7.56. The van der Waals surface area contributed by atoms with Gasteiger partial charge in [0.15, 0.2) is 0 Å². The van der Waals surface area contributed by atoms with Gasteiger partial charge < -0.3 is 11.1 Å². The van der Waals surface area contributed by atoms with E-state index in [4.69, 9.17) is 5.73 Å². The van der Waals surface area contributed by atoms with E-state index in [1.807, 2.05) is 12.1 Å². The molecule has 3 N–H and O–H groups in total. The number of amides is 1. The van der Waals surface area contributed by atoms with Crippen LogP contribution in [0.15, 0.2) is 17.0 Å². The van der Waals surface area contributed by atoms with Gasteiger partial charge in [-0.3, -0.25) is 4.79 Å². The molecule has 0 saturated heterocycles. The van der Waals surface area contributed by atoms with Gasteiger partial charge in [-0.15, -0.1) is 11.8 Å². The molecule has 4 heteroatoms. The fourth-order valence-corrected chi connectivity index (χ4v) is 2.67. The van der Waals surface area contributed by atoms with E-state index in [9.17, 15) is 4.79 Å². The molecule has 86 valence electrons. The molecular weight excluding hydrogens is 220 g/mol. The van der Waals surface area contributed by atoms with E-state index >= 15 is 0 Å². The molecule has 0 atom stereocenters. The van der Waals surface area contributed by atoms with Crippen molar-refractivity contribution in [2.45, 2.75) is 36.8 Å². The Hall–Kier alpha value is -1.16. The van der Waals surface area contributed by atoms with Crippen LogP contribution in [0.25, 0.3) is 0 Å². The highest BCUT2D eigenvalue weighted by molar-refractivity contribution is 8.00. The van der Waals surface area contributed by atoms with Crippen LogP contribution in [0.3, 0.4) is 0 Å². The average Bonchev–Trinajstić information content (AvgIpc) is 2.19. The van der Waals surface area contributed by atoms with Crippen molar-refractivity contribution in [3.8, 4) is 0 Å². The summed E-state index contributed by atoms with van der Waals surface area (Å²) in [6.07, 6.45) is 1.35. The highest BCUT2D eigenvalue weighted by Crippen LogP contribution is 2.35. The zero-order valence-corrected chi connectivity index (χ0v) is 10.4. The second kappa shape index (κ2) is 4.37. The molecule has 1 aliphatic rings. The molecule has 0 fully saturated rings. The summed E-state index contributed by atoms with van der Waals surface area (Å²) >= 11 is 1.72. The summed E-state index contributed by atoms with van der Waals surface area (Å²) in [4.78, 5) is 12.3. The maximum atomic E-state index is 11.3. The Morgan fingerprint density at radius 1 is 1.38 bits per heavy atom. The third kappa shape index (κ3) is 2.32. The molecule has 0 spiro atoms. The molecule has 1 heterocycles. The van der Waals surface area contributed by atoms with Crippen LogP contribution in [-0.2, 0) is 11.2 Å². The Morgan fingerprint density at radius 3 is 2.81 bits per heavy atom. The fourth-order valence-electron chi connectivity index (χ4n) is 1.78. The average molecular weight is 236 g/mol. The normalized spacial score (nSPS) is 14.8. The van der Waals surface area contributed by atoms with E-state index in [-0.39, 0.29) is 5.91 Å². The van der Waals surface area contributed by atoms with Crippen LogP contribution in [0.2, 0.25) is 0 Å². The first kappa shape index (κ1) is 11.3. The number of fused-ring (bicyclic) bond motifs is 1. The summed E-state index contributed by atoms with van der Waals surface area (Å²) in [5.74, 6) is 0.0952. The van der Waals surface area contributed by atoms with Crippen molar-refractivity contribution in [1.29, 1.82) is 0 Å². The highest BCUT2D eigenvalue weighted by atomic mass is 32.2. The second-order valence-electron chi connectivity index (χ2n) is 4.26. The molecule has 1 aliphatic heterocycles. The minimum Gasteiger partial charge on any atom is -0.398 e. The predicted molar refractivity (Wildman–Crippen MR) is 68.8 cm³/mol. The zero-order chi connectivity index (χ0) is 11.7. The molecule has 0 aliphatic carbocycles. The second-order valence-corrected chi connectivity index (χ2v) is 5.88. The van der Waals surface area contributed by atoms with Crippen LogP contribution in [0.5, 0.6) is 0 Å². The Bertz CT molecular complexity index is 429. The minimum atomic E-state index is 0.0952. The molecule has 1 aromatic rings. The van der Waals surface area contributed by atoms with Gasteiger partial charge in [0.2, 0.25) is 5.91 Å². The van der Waals surface area contributed by atoms with Crippen molar-refractivity contribution in [2.24, 2.45) is 0 Å². The van der Waals surface area contributed by atoms with Gasteiger partial charge >= 0.3 is 0 Å². The Morgan fingerprint density at radius 2 is 2.12 bits per heavy atom. The maximum absolute atomic E-state index is 11.3. The topological polar surface area (TPSA) is 55.1 Å². The molecule has 16 heavy (non-hydrogen) atoms. The molecule has 0 bridgehead atoms. The number of hydrogen-bond donors (Lipinski definition) is 2. The first-order valence-corrected chi connectivity index (χ1v) is 6.33. The number of aryl methyl sites for hydroxylation is 1. The molecule has 1 aromatic carbocycles. The lowest BCUT2D eigenvalue weighted by molar-refractivity contribution is -0.116. The standard InChI is InChI=1S/C12H16N2OS/c1-7(2)16-11-6-10-8(5-9(11)13)3-4-12(15)14-10/h5-7H,3-4,13H2,1-2H3,(H,14,15). The van der Waals surface area contributed by atoms with Gasteiger partial charge in [0.05, 0.1) is 0 Å². The SMILES string of the molecule is CC(C)Sc1cc2c(cc1N)CCC(=O)N2. The Kier molecular flexibility index (Phi) is 3.10. The number of hydrogen-bond acceptors (Lipinski definition) is 3. The van der Waals surface area contributed by atoms with Gasteiger partial charge in [-0.25, -0.2) is 0 Å². The number of nitrogens with two attached hydrogens (primary N) is 1. The molecule has 2 rings (SSSR count). The van der Waals surface area contributed by atoms with Gasteiger partial charge in [0.25, 0.3) is 0 Å². The lowest BCUT2D eigenvalue weighted by atomic mass is 10.0. The molecule has 3 nitrogen and oxygen atoms in total.